The number of halogens is 1. The van der Waals surface area contributed by atoms with Gasteiger partial charge in [0.1, 0.15) is 0 Å². The van der Waals surface area contributed by atoms with Crippen molar-refractivity contribution in [2.45, 2.75) is 6.92 Å². The van der Waals surface area contributed by atoms with E-state index in [-0.39, 0.29) is 11.8 Å². The lowest BCUT2D eigenvalue weighted by molar-refractivity contribution is -0.130. The van der Waals surface area contributed by atoms with Crippen molar-refractivity contribution >= 4 is 45.7 Å². The summed E-state index contributed by atoms with van der Waals surface area (Å²) in [5, 5.41) is 11.4. The van der Waals surface area contributed by atoms with Gasteiger partial charge >= 0.3 is 0 Å². The highest BCUT2D eigenvalue weighted by Gasteiger charge is 2.28. The van der Waals surface area contributed by atoms with Gasteiger partial charge in [0.15, 0.2) is 11.5 Å². The molecule has 0 aliphatic carbocycles. The fraction of sp³-hybridized carbons (Fsp3) is 0.360. The molecule has 2 saturated heterocycles. The Labute approximate surface area is 203 Å². The van der Waals surface area contributed by atoms with E-state index in [2.05, 4.69) is 20.0 Å². The summed E-state index contributed by atoms with van der Waals surface area (Å²) in [6.07, 6.45) is 0. The van der Waals surface area contributed by atoms with E-state index >= 15 is 0 Å². The Hall–Kier alpha value is -3.39. The van der Waals surface area contributed by atoms with E-state index in [4.69, 9.17) is 11.6 Å². The van der Waals surface area contributed by atoms with Gasteiger partial charge in [-0.15, -0.1) is 10.2 Å². The maximum atomic E-state index is 13.3. The summed E-state index contributed by atoms with van der Waals surface area (Å²) in [5.74, 6) is 0.700. The van der Waals surface area contributed by atoms with Gasteiger partial charge in [0.05, 0.1) is 10.7 Å². The summed E-state index contributed by atoms with van der Waals surface area (Å²) in [4.78, 5) is 32.9. The van der Waals surface area contributed by atoms with Gasteiger partial charge in [-0.05, 0) is 12.1 Å². The number of nitrogens with zero attached hydrogens (tertiary/aromatic N) is 6. The molecular weight excluding hydrogens is 452 g/mol. The summed E-state index contributed by atoms with van der Waals surface area (Å²) in [6, 6.07) is 15.7. The molecular formula is C25H27ClN6O2. The molecule has 8 nitrogen and oxygen atoms in total. The molecule has 2 aliphatic rings. The van der Waals surface area contributed by atoms with Crippen LogP contribution in [0.15, 0.2) is 48.5 Å². The Morgan fingerprint density at radius 3 is 2.00 bits per heavy atom. The second-order valence-electron chi connectivity index (χ2n) is 8.64. The summed E-state index contributed by atoms with van der Waals surface area (Å²) in [5.41, 5.74) is 1.41. The average molecular weight is 479 g/mol. The standard InChI is InChI=1S/C25H27ClN6O2/c1-18(33)29-10-16-32(17-11-29)25(34)23-19-6-2-3-7-20(19)24(28-27-23)31-14-12-30(13-15-31)22-9-5-4-8-21(22)26/h2-9H,10-17H2,1H3. The third-order valence-electron chi connectivity index (χ3n) is 6.65. The summed E-state index contributed by atoms with van der Waals surface area (Å²) in [7, 11) is 0. The van der Waals surface area contributed by atoms with E-state index in [9.17, 15) is 9.59 Å². The Balaban J connectivity index is 1.36. The topological polar surface area (TPSA) is 72.9 Å². The zero-order valence-corrected chi connectivity index (χ0v) is 19.9. The van der Waals surface area contributed by atoms with Crippen LogP contribution < -0.4 is 9.80 Å². The molecule has 0 radical (unpaired) electrons. The van der Waals surface area contributed by atoms with Crippen molar-refractivity contribution in [1.29, 1.82) is 0 Å². The van der Waals surface area contributed by atoms with Crippen LogP contribution in [0.2, 0.25) is 5.02 Å². The van der Waals surface area contributed by atoms with Crippen molar-refractivity contribution in [3.05, 3.63) is 59.2 Å². The number of hydrogen-bond donors (Lipinski definition) is 0. The lowest BCUT2D eigenvalue weighted by atomic mass is 10.1. The van der Waals surface area contributed by atoms with Gasteiger partial charge < -0.3 is 19.6 Å². The van der Waals surface area contributed by atoms with Crippen molar-refractivity contribution in [3.63, 3.8) is 0 Å². The summed E-state index contributed by atoms with van der Waals surface area (Å²) in [6.45, 7) is 6.85. The Morgan fingerprint density at radius 2 is 1.32 bits per heavy atom. The van der Waals surface area contributed by atoms with Crippen LogP contribution in [0, 0.1) is 0 Å². The van der Waals surface area contributed by atoms with Crippen LogP contribution in [-0.2, 0) is 4.79 Å². The minimum atomic E-state index is -0.137. The van der Waals surface area contributed by atoms with Gasteiger partial charge in [-0.2, -0.15) is 0 Å². The first-order valence-electron chi connectivity index (χ1n) is 11.6. The smallest absolute Gasteiger partial charge is 0.275 e. The maximum Gasteiger partial charge on any atom is 0.275 e. The molecule has 176 valence electrons. The highest BCUT2D eigenvalue weighted by atomic mass is 35.5. The van der Waals surface area contributed by atoms with Gasteiger partial charge in [-0.25, -0.2) is 0 Å². The lowest BCUT2D eigenvalue weighted by Crippen LogP contribution is -2.50. The molecule has 0 spiro atoms. The average Bonchev–Trinajstić information content (AvgIpc) is 2.88. The number of benzene rings is 2. The molecule has 0 bridgehead atoms. The zero-order valence-electron chi connectivity index (χ0n) is 19.2. The Morgan fingerprint density at radius 1 is 0.735 bits per heavy atom. The van der Waals surface area contributed by atoms with Crippen molar-refractivity contribution in [2.24, 2.45) is 0 Å². The van der Waals surface area contributed by atoms with Crippen LogP contribution in [0.1, 0.15) is 17.4 Å². The molecule has 0 N–H and O–H groups in total. The van der Waals surface area contributed by atoms with Gasteiger partial charge in [-0.1, -0.05) is 48.0 Å². The Kier molecular flexibility index (Phi) is 6.24. The van der Waals surface area contributed by atoms with Crippen molar-refractivity contribution < 1.29 is 9.59 Å². The van der Waals surface area contributed by atoms with E-state index in [1.165, 1.54) is 0 Å². The Bertz CT molecular complexity index is 1220. The highest BCUT2D eigenvalue weighted by Crippen LogP contribution is 2.30. The predicted octanol–water partition coefficient (Wildman–Crippen LogP) is 2.91. The number of hydrogen-bond acceptors (Lipinski definition) is 6. The number of carbonyl (C=O) groups is 2. The molecule has 34 heavy (non-hydrogen) atoms. The molecule has 2 aromatic carbocycles. The van der Waals surface area contributed by atoms with E-state index in [1.54, 1.807) is 16.7 Å². The van der Waals surface area contributed by atoms with Crippen molar-refractivity contribution in [2.75, 3.05) is 62.2 Å². The number of piperazine rings is 2. The maximum absolute atomic E-state index is 13.3. The monoisotopic (exact) mass is 478 g/mol. The molecule has 2 aliphatic heterocycles. The van der Waals surface area contributed by atoms with Crippen LogP contribution >= 0.6 is 11.6 Å². The van der Waals surface area contributed by atoms with Crippen LogP contribution in [-0.4, -0.2) is 84.2 Å². The molecule has 0 unspecified atom stereocenters. The second-order valence-corrected chi connectivity index (χ2v) is 9.05. The van der Waals surface area contributed by atoms with Crippen LogP contribution in [0.5, 0.6) is 0 Å². The number of aromatic nitrogens is 2. The molecule has 0 saturated carbocycles. The largest absolute Gasteiger partial charge is 0.367 e. The third-order valence-corrected chi connectivity index (χ3v) is 6.97. The molecule has 2 fully saturated rings. The fourth-order valence-corrected chi connectivity index (χ4v) is 4.98. The normalized spacial score (nSPS) is 16.8. The van der Waals surface area contributed by atoms with Gasteiger partial charge in [0.25, 0.3) is 5.91 Å². The first-order chi connectivity index (χ1) is 16.5. The molecule has 5 rings (SSSR count). The van der Waals surface area contributed by atoms with Gasteiger partial charge in [0, 0.05) is 70.1 Å². The minimum Gasteiger partial charge on any atom is -0.367 e. The van der Waals surface area contributed by atoms with Crippen molar-refractivity contribution in [1.82, 2.24) is 20.0 Å². The summed E-state index contributed by atoms with van der Waals surface area (Å²) < 4.78 is 0. The quantitative estimate of drug-likeness (QED) is 0.576. The number of amides is 2. The molecule has 2 amide bonds. The van der Waals surface area contributed by atoms with Crippen molar-refractivity contribution in [3.8, 4) is 0 Å². The first-order valence-corrected chi connectivity index (χ1v) is 12.0. The minimum absolute atomic E-state index is 0.0383. The first kappa shape index (κ1) is 22.4. The molecule has 9 heteroatoms. The number of rotatable bonds is 3. The molecule has 3 heterocycles. The van der Waals surface area contributed by atoms with Gasteiger partial charge in [-0.3, -0.25) is 9.59 Å². The number of anilines is 2. The van der Waals surface area contributed by atoms with E-state index in [0.717, 1.165) is 53.5 Å². The SMILES string of the molecule is CC(=O)N1CCN(C(=O)c2nnc(N3CCN(c4ccccc4Cl)CC3)c3ccccc23)CC1. The van der Waals surface area contributed by atoms with Crippen LogP contribution in [0.4, 0.5) is 11.5 Å². The zero-order chi connectivity index (χ0) is 23.7. The number of para-hydroxylation sites is 1. The number of fused-ring (bicyclic) bond motifs is 1. The lowest BCUT2D eigenvalue weighted by Gasteiger charge is -2.37. The molecule has 0 atom stereocenters. The van der Waals surface area contributed by atoms with E-state index < -0.39 is 0 Å². The summed E-state index contributed by atoms with van der Waals surface area (Å²) >= 11 is 6.39. The number of carbonyl (C=O) groups excluding carboxylic acids is 2. The molecule has 3 aromatic rings. The van der Waals surface area contributed by atoms with E-state index in [1.807, 2.05) is 48.5 Å². The van der Waals surface area contributed by atoms with Gasteiger partial charge in [0.2, 0.25) is 5.91 Å². The van der Waals surface area contributed by atoms with Crippen LogP contribution in [0.3, 0.4) is 0 Å². The third kappa shape index (κ3) is 4.25. The van der Waals surface area contributed by atoms with Crippen LogP contribution in [0.25, 0.3) is 10.8 Å². The predicted molar refractivity (Wildman–Crippen MR) is 134 cm³/mol. The highest BCUT2D eigenvalue weighted by molar-refractivity contribution is 6.33. The fourth-order valence-electron chi connectivity index (χ4n) is 4.72. The molecule has 1 aromatic heterocycles. The van der Waals surface area contributed by atoms with E-state index in [0.29, 0.717) is 31.9 Å². The second kappa shape index (κ2) is 9.46.